The fourth-order valence-corrected chi connectivity index (χ4v) is 2.32. The molecule has 6 heteroatoms. The Morgan fingerprint density at radius 3 is 2.68 bits per heavy atom. The molecule has 22 heavy (non-hydrogen) atoms. The molecular weight excluding hydrogens is 349 g/mol. The molecule has 0 aliphatic rings. The van der Waals surface area contributed by atoms with Crippen molar-refractivity contribution in [1.29, 1.82) is 0 Å². The van der Waals surface area contributed by atoms with Crippen LogP contribution in [0.5, 0.6) is 0 Å². The van der Waals surface area contributed by atoms with Crippen LogP contribution in [0.1, 0.15) is 37.9 Å². The SMILES string of the molecule is CC(C)(C)n1cc(CNC(CO)c2ccc(Br)c(F)c2)cn1. The second-order valence-corrected chi connectivity index (χ2v) is 7.11. The molecule has 0 radical (unpaired) electrons. The number of benzene rings is 1. The lowest BCUT2D eigenvalue weighted by Gasteiger charge is -2.19. The highest BCUT2D eigenvalue weighted by Crippen LogP contribution is 2.21. The zero-order chi connectivity index (χ0) is 16.3. The fourth-order valence-electron chi connectivity index (χ4n) is 2.08. The molecule has 0 saturated heterocycles. The summed E-state index contributed by atoms with van der Waals surface area (Å²) in [7, 11) is 0. The minimum Gasteiger partial charge on any atom is -0.394 e. The molecule has 1 aromatic heterocycles. The standard InChI is InChI=1S/C16H21BrFN3O/c1-16(2,3)21-9-11(8-20-21)7-19-15(10-22)12-4-5-13(17)14(18)6-12/h4-6,8-9,15,19,22H,7,10H2,1-3H3. The second kappa shape index (κ2) is 6.89. The van der Waals surface area contributed by atoms with Crippen LogP contribution in [0.25, 0.3) is 0 Å². The van der Waals surface area contributed by atoms with E-state index < -0.39 is 0 Å². The lowest BCUT2D eigenvalue weighted by atomic mass is 10.1. The predicted octanol–water partition coefficient (Wildman–Crippen LogP) is 3.36. The largest absolute Gasteiger partial charge is 0.394 e. The maximum atomic E-state index is 13.6. The van der Waals surface area contributed by atoms with E-state index in [4.69, 9.17) is 0 Å². The van der Waals surface area contributed by atoms with Crippen molar-refractivity contribution < 1.29 is 9.50 Å². The second-order valence-electron chi connectivity index (χ2n) is 6.25. The first kappa shape index (κ1) is 17.1. The fraction of sp³-hybridized carbons (Fsp3) is 0.438. The lowest BCUT2D eigenvalue weighted by Crippen LogP contribution is -2.24. The van der Waals surface area contributed by atoms with E-state index in [-0.39, 0.29) is 24.0 Å². The van der Waals surface area contributed by atoms with E-state index in [1.54, 1.807) is 18.3 Å². The van der Waals surface area contributed by atoms with Crippen molar-refractivity contribution in [1.82, 2.24) is 15.1 Å². The molecule has 4 nitrogen and oxygen atoms in total. The van der Waals surface area contributed by atoms with Crippen molar-refractivity contribution in [2.24, 2.45) is 0 Å². The number of nitrogens with zero attached hydrogens (tertiary/aromatic N) is 2. The van der Waals surface area contributed by atoms with Gasteiger partial charge in [-0.3, -0.25) is 4.68 Å². The van der Waals surface area contributed by atoms with Gasteiger partial charge in [-0.15, -0.1) is 0 Å². The number of nitrogens with one attached hydrogen (secondary N) is 1. The van der Waals surface area contributed by atoms with E-state index in [9.17, 15) is 9.50 Å². The van der Waals surface area contributed by atoms with Gasteiger partial charge in [-0.2, -0.15) is 5.10 Å². The first-order chi connectivity index (χ1) is 10.3. The van der Waals surface area contributed by atoms with Crippen LogP contribution in [0, 0.1) is 5.82 Å². The summed E-state index contributed by atoms with van der Waals surface area (Å²) >= 11 is 3.13. The summed E-state index contributed by atoms with van der Waals surface area (Å²) in [4.78, 5) is 0. The van der Waals surface area contributed by atoms with Gasteiger partial charge in [-0.1, -0.05) is 6.07 Å². The third-order valence-electron chi connectivity index (χ3n) is 3.40. The monoisotopic (exact) mass is 369 g/mol. The lowest BCUT2D eigenvalue weighted by molar-refractivity contribution is 0.243. The number of aliphatic hydroxyl groups is 1. The number of hydrogen-bond donors (Lipinski definition) is 2. The van der Waals surface area contributed by atoms with Crippen LogP contribution in [0.4, 0.5) is 4.39 Å². The molecule has 120 valence electrons. The summed E-state index contributed by atoms with van der Waals surface area (Å²) < 4.78 is 15.9. The molecule has 0 saturated carbocycles. The summed E-state index contributed by atoms with van der Waals surface area (Å²) in [5.41, 5.74) is 1.67. The van der Waals surface area contributed by atoms with Gasteiger partial charge >= 0.3 is 0 Å². The molecule has 0 bridgehead atoms. The molecule has 0 spiro atoms. The Bertz CT molecular complexity index is 637. The third-order valence-corrected chi connectivity index (χ3v) is 4.05. The molecule has 1 unspecified atom stereocenters. The molecule has 1 heterocycles. The zero-order valence-corrected chi connectivity index (χ0v) is 14.6. The van der Waals surface area contributed by atoms with Crippen molar-refractivity contribution in [3.63, 3.8) is 0 Å². The van der Waals surface area contributed by atoms with Gasteiger partial charge in [0.15, 0.2) is 0 Å². The Morgan fingerprint density at radius 2 is 2.14 bits per heavy atom. The van der Waals surface area contributed by atoms with Crippen molar-refractivity contribution in [2.45, 2.75) is 38.9 Å². The normalized spacial score (nSPS) is 13.4. The Hall–Kier alpha value is -1.24. The molecule has 2 rings (SSSR count). The summed E-state index contributed by atoms with van der Waals surface area (Å²) in [6.45, 7) is 6.70. The molecule has 0 aliphatic carbocycles. The predicted molar refractivity (Wildman–Crippen MR) is 88.0 cm³/mol. The van der Waals surface area contributed by atoms with Gasteiger partial charge in [0.05, 0.1) is 28.9 Å². The molecule has 2 aromatic rings. The van der Waals surface area contributed by atoms with Crippen LogP contribution in [-0.2, 0) is 12.1 Å². The maximum Gasteiger partial charge on any atom is 0.137 e. The van der Waals surface area contributed by atoms with E-state index in [0.717, 1.165) is 5.56 Å². The molecule has 0 amide bonds. The topological polar surface area (TPSA) is 50.1 Å². The molecule has 1 aromatic carbocycles. The van der Waals surface area contributed by atoms with Crippen LogP contribution in [0.3, 0.4) is 0 Å². The molecule has 2 N–H and O–H groups in total. The number of hydrogen-bond acceptors (Lipinski definition) is 3. The summed E-state index contributed by atoms with van der Waals surface area (Å²) in [6.07, 6.45) is 3.78. The summed E-state index contributed by atoms with van der Waals surface area (Å²) in [5.74, 6) is -0.335. The number of aromatic nitrogens is 2. The number of aliphatic hydroxyl groups excluding tert-OH is 1. The minimum absolute atomic E-state index is 0.0660. The van der Waals surface area contributed by atoms with Crippen LogP contribution in [0.15, 0.2) is 35.1 Å². The van der Waals surface area contributed by atoms with Gasteiger partial charge in [0, 0.05) is 18.3 Å². The van der Waals surface area contributed by atoms with Gasteiger partial charge in [-0.25, -0.2) is 4.39 Å². The van der Waals surface area contributed by atoms with Gasteiger partial charge in [-0.05, 0) is 54.4 Å². The van der Waals surface area contributed by atoms with Crippen molar-refractivity contribution >= 4 is 15.9 Å². The van der Waals surface area contributed by atoms with E-state index in [1.807, 2.05) is 10.9 Å². The number of halogens is 2. The van der Waals surface area contributed by atoms with Gasteiger partial charge in [0.2, 0.25) is 0 Å². The van der Waals surface area contributed by atoms with Gasteiger partial charge in [0.1, 0.15) is 5.82 Å². The molecule has 1 atom stereocenters. The zero-order valence-electron chi connectivity index (χ0n) is 13.0. The highest BCUT2D eigenvalue weighted by molar-refractivity contribution is 9.10. The molecule has 0 fully saturated rings. The molecular formula is C16H21BrFN3O. The van der Waals surface area contributed by atoms with E-state index in [2.05, 4.69) is 47.1 Å². The van der Waals surface area contributed by atoms with Gasteiger partial charge < -0.3 is 10.4 Å². The smallest absolute Gasteiger partial charge is 0.137 e. The van der Waals surface area contributed by atoms with E-state index in [1.165, 1.54) is 6.07 Å². The molecule has 0 aliphatic heterocycles. The van der Waals surface area contributed by atoms with E-state index >= 15 is 0 Å². The van der Waals surface area contributed by atoms with E-state index in [0.29, 0.717) is 16.6 Å². The van der Waals surface area contributed by atoms with Crippen LogP contribution < -0.4 is 5.32 Å². The Kier molecular flexibility index (Phi) is 5.36. The highest BCUT2D eigenvalue weighted by Gasteiger charge is 2.15. The van der Waals surface area contributed by atoms with Crippen molar-refractivity contribution in [2.75, 3.05) is 6.61 Å². The van der Waals surface area contributed by atoms with Crippen LogP contribution in [-0.4, -0.2) is 21.5 Å². The Labute approximate surface area is 138 Å². The minimum atomic E-state index is -0.335. The Balaban J connectivity index is 2.04. The van der Waals surface area contributed by atoms with Crippen LogP contribution in [0.2, 0.25) is 0 Å². The van der Waals surface area contributed by atoms with Gasteiger partial charge in [0.25, 0.3) is 0 Å². The Morgan fingerprint density at radius 1 is 1.41 bits per heavy atom. The third kappa shape index (κ3) is 4.15. The average Bonchev–Trinajstić information content (AvgIpc) is 2.92. The number of rotatable bonds is 5. The van der Waals surface area contributed by atoms with Crippen molar-refractivity contribution in [3.05, 3.63) is 52.0 Å². The first-order valence-corrected chi connectivity index (χ1v) is 7.94. The van der Waals surface area contributed by atoms with Crippen LogP contribution >= 0.6 is 15.9 Å². The average molecular weight is 370 g/mol. The highest BCUT2D eigenvalue weighted by atomic mass is 79.9. The maximum absolute atomic E-state index is 13.6. The first-order valence-electron chi connectivity index (χ1n) is 7.14. The summed E-state index contributed by atoms with van der Waals surface area (Å²) in [6, 6.07) is 4.55. The summed E-state index contributed by atoms with van der Waals surface area (Å²) in [5, 5.41) is 17.1. The quantitative estimate of drug-likeness (QED) is 0.849. The van der Waals surface area contributed by atoms with Crippen molar-refractivity contribution in [3.8, 4) is 0 Å².